The fourth-order valence-electron chi connectivity index (χ4n) is 1.77. The molecule has 0 unspecified atom stereocenters. The van der Waals surface area contributed by atoms with Crippen LogP contribution in [0.2, 0.25) is 0 Å². The maximum absolute atomic E-state index is 11.6. The fourth-order valence-corrected chi connectivity index (χ4v) is 2.82. The second-order valence-corrected chi connectivity index (χ2v) is 6.52. The summed E-state index contributed by atoms with van der Waals surface area (Å²) in [5, 5.41) is 9.30. The third-order valence-electron chi connectivity index (χ3n) is 2.89. The van der Waals surface area contributed by atoms with Crippen LogP contribution >= 0.6 is 11.8 Å². The zero-order valence-corrected chi connectivity index (χ0v) is 12.6. The van der Waals surface area contributed by atoms with Crippen LogP contribution in [0.15, 0.2) is 0 Å². The Labute approximate surface area is 119 Å². The largest absolute Gasteiger partial charge is 0.354 e. The summed E-state index contributed by atoms with van der Waals surface area (Å²) in [5.41, 5.74) is 0. The van der Waals surface area contributed by atoms with E-state index >= 15 is 0 Å². The van der Waals surface area contributed by atoms with Crippen LogP contribution < -0.4 is 16.0 Å². The Morgan fingerprint density at radius 3 is 2.53 bits per heavy atom. The zero-order chi connectivity index (χ0) is 14.1. The molecule has 0 radical (unpaired) electrons. The van der Waals surface area contributed by atoms with Crippen molar-refractivity contribution in [1.82, 2.24) is 16.0 Å². The number of hydrogen-bond donors (Lipinski definition) is 3. The van der Waals surface area contributed by atoms with E-state index in [0.717, 1.165) is 25.9 Å². The van der Waals surface area contributed by atoms with E-state index in [9.17, 15) is 9.59 Å². The topological polar surface area (TPSA) is 70.2 Å². The molecule has 2 amide bonds. The minimum absolute atomic E-state index is 0.0526. The number of nitrogens with one attached hydrogen (secondary N) is 3. The summed E-state index contributed by atoms with van der Waals surface area (Å²) in [7, 11) is 0. The highest BCUT2D eigenvalue weighted by Gasteiger charge is 2.15. The van der Waals surface area contributed by atoms with E-state index in [1.54, 1.807) is 11.8 Å². The van der Waals surface area contributed by atoms with Crippen LogP contribution in [0.1, 0.15) is 26.7 Å². The summed E-state index contributed by atoms with van der Waals surface area (Å²) in [6, 6.07) is 0. The summed E-state index contributed by atoms with van der Waals surface area (Å²) in [5.74, 6) is 0.703. The highest BCUT2D eigenvalue weighted by Crippen LogP contribution is 2.19. The predicted molar refractivity (Wildman–Crippen MR) is 79.2 cm³/mol. The van der Waals surface area contributed by atoms with Gasteiger partial charge in [0.25, 0.3) is 0 Å². The molecule has 1 heterocycles. The first-order valence-electron chi connectivity index (χ1n) is 6.93. The first-order chi connectivity index (χ1) is 9.08. The van der Waals surface area contributed by atoms with Crippen molar-refractivity contribution in [3.63, 3.8) is 0 Å². The van der Waals surface area contributed by atoms with E-state index in [-0.39, 0.29) is 18.4 Å². The van der Waals surface area contributed by atoms with Gasteiger partial charge in [0.2, 0.25) is 11.8 Å². The van der Waals surface area contributed by atoms with Crippen molar-refractivity contribution in [1.29, 1.82) is 0 Å². The molecule has 0 bridgehead atoms. The third-order valence-corrected chi connectivity index (χ3v) is 4.26. The molecule has 1 rings (SSSR count). The Bertz CT molecular complexity index is 292. The molecule has 1 aliphatic rings. The monoisotopic (exact) mass is 287 g/mol. The van der Waals surface area contributed by atoms with Crippen molar-refractivity contribution in [3.05, 3.63) is 0 Å². The van der Waals surface area contributed by atoms with Crippen LogP contribution in [-0.4, -0.2) is 49.0 Å². The van der Waals surface area contributed by atoms with Gasteiger partial charge in [-0.1, -0.05) is 13.8 Å². The van der Waals surface area contributed by atoms with Crippen LogP contribution in [0, 0.1) is 5.92 Å². The molecule has 3 N–H and O–H groups in total. The summed E-state index contributed by atoms with van der Waals surface area (Å²) in [4.78, 5) is 23.0. The van der Waals surface area contributed by atoms with Crippen molar-refractivity contribution < 1.29 is 9.59 Å². The highest BCUT2D eigenvalue weighted by molar-refractivity contribution is 8.00. The second kappa shape index (κ2) is 9.20. The van der Waals surface area contributed by atoms with Gasteiger partial charge < -0.3 is 16.0 Å². The Hall–Kier alpha value is -0.750. The van der Waals surface area contributed by atoms with Gasteiger partial charge >= 0.3 is 0 Å². The molecular formula is C13H25N3O2S. The van der Waals surface area contributed by atoms with Gasteiger partial charge in [0, 0.05) is 11.8 Å². The Morgan fingerprint density at radius 2 is 1.89 bits per heavy atom. The number of rotatable bonds is 7. The van der Waals surface area contributed by atoms with Crippen molar-refractivity contribution >= 4 is 23.6 Å². The molecule has 1 saturated heterocycles. The highest BCUT2D eigenvalue weighted by atomic mass is 32.2. The average Bonchev–Trinajstić information content (AvgIpc) is 2.41. The van der Waals surface area contributed by atoms with Gasteiger partial charge in [0.15, 0.2) is 0 Å². The van der Waals surface area contributed by atoms with E-state index in [1.807, 2.05) is 13.8 Å². The molecule has 0 aliphatic carbocycles. The Morgan fingerprint density at radius 1 is 1.21 bits per heavy atom. The van der Waals surface area contributed by atoms with E-state index in [1.165, 1.54) is 0 Å². The minimum atomic E-state index is -0.117. The maximum atomic E-state index is 11.6. The number of amides is 2. The van der Waals surface area contributed by atoms with Crippen molar-refractivity contribution in [2.45, 2.75) is 31.9 Å². The molecule has 1 aliphatic heterocycles. The van der Waals surface area contributed by atoms with Gasteiger partial charge in [-0.15, -0.1) is 11.8 Å². The van der Waals surface area contributed by atoms with Crippen molar-refractivity contribution in [2.75, 3.05) is 31.9 Å². The number of carbonyl (C=O) groups excluding carboxylic acids is 2. The molecule has 5 nitrogen and oxygen atoms in total. The van der Waals surface area contributed by atoms with Crippen LogP contribution in [0.5, 0.6) is 0 Å². The lowest BCUT2D eigenvalue weighted by Crippen LogP contribution is -2.39. The third kappa shape index (κ3) is 8.10. The van der Waals surface area contributed by atoms with Gasteiger partial charge in [-0.2, -0.15) is 0 Å². The van der Waals surface area contributed by atoms with E-state index < -0.39 is 0 Å². The minimum Gasteiger partial charge on any atom is -0.354 e. The number of piperidine rings is 1. The average molecular weight is 287 g/mol. The molecule has 0 atom stereocenters. The molecule has 0 spiro atoms. The lowest BCUT2D eigenvalue weighted by atomic mass is 10.2. The van der Waals surface area contributed by atoms with E-state index in [0.29, 0.717) is 23.5 Å². The Kier molecular flexibility index (Phi) is 7.90. The van der Waals surface area contributed by atoms with Crippen molar-refractivity contribution in [2.24, 2.45) is 5.92 Å². The van der Waals surface area contributed by atoms with Gasteiger partial charge in [-0.25, -0.2) is 0 Å². The second-order valence-electron chi connectivity index (χ2n) is 5.24. The normalized spacial score (nSPS) is 16.4. The smallest absolute Gasteiger partial charge is 0.239 e. The maximum Gasteiger partial charge on any atom is 0.239 e. The molecule has 110 valence electrons. The first-order valence-corrected chi connectivity index (χ1v) is 7.98. The molecule has 0 aromatic rings. The molecule has 0 saturated carbocycles. The first kappa shape index (κ1) is 16.3. The molecule has 6 heteroatoms. The summed E-state index contributed by atoms with van der Waals surface area (Å²) >= 11 is 1.69. The lowest BCUT2D eigenvalue weighted by molar-refractivity contribution is -0.124. The van der Waals surface area contributed by atoms with Gasteiger partial charge in [0.05, 0.1) is 12.3 Å². The predicted octanol–water partition coefficient (Wildman–Crippen LogP) is 0.360. The number of carbonyl (C=O) groups is 2. The Balaban J connectivity index is 2.05. The SMILES string of the molecule is CC(C)CNC(=O)CNC(=O)CSC1CCNCC1. The van der Waals surface area contributed by atoms with Crippen molar-refractivity contribution in [3.8, 4) is 0 Å². The van der Waals surface area contributed by atoms with E-state index in [4.69, 9.17) is 0 Å². The van der Waals surface area contributed by atoms with Crippen LogP contribution in [0.25, 0.3) is 0 Å². The molecule has 19 heavy (non-hydrogen) atoms. The number of thioether (sulfide) groups is 1. The summed E-state index contributed by atoms with van der Waals surface area (Å²) in [6.45, 7) is 6.88. The van der Waals surface area contributed by atoms with E-state index in [2.05, 4.69) is 16.0 Å². The van der Waals surface area contributed by atoms with Crippen LogP contribution in [-0.2, 0) is 9.59 Å². The molecular weight excluding hydrogens is 262 g/mol. The fraction of sp³-hybridized carbons (Fsp3) is 0.846. The summed E-state index contributed by atoms with van der Waals surface area (Å²) < 4.78 is 0. The number of hydrogen-bond acceptors (Lipinski definition) is 4. The van der Waals surface area contributed by atoms with Gasteiger partial charge in [0.1, 0.15) is 0 Å². The molecule has 0 aromatic carbocycles. The molecule has 0 aromatic heterocycles. The van der Waals surface area contributed by atoms with Crippen LogP contribution in [0.4, 0.5) is 0 Å². The molecule has 1 fully saturated rings. The zero-order valence-electron chi connectivity index (χ0n) is 11.8. The lowest BCUT2D eigenvalue weighted by Gasteiger charge is -2.21. The van der Waals surface area contributed by atoms with Gasteiger partial charge in [-0.3, -0.25) is 9.59 Å². The summed E-state index contributed by atoms with van der Waals surface area (Å²) in [6.07, 6.45) is 2.24. The van der Waals surface area contributed by atoms with Gasteiger partial charge in [-0.05, 0) is 31.8 Å². The quantitative estimate of drug-likeness (QED) is 0.632. The standard InChI is InChI=1S/C13H25N3O2S/c1-10(2)7-15-12(17)8-16-13(18)9-19-11-3-5-14-6-4-11/h10-11,14H,3-9H2,1-2H3,(H,15,17)(H,16,18). The van der Waals surface area contributed by atoms with Crippen LogP contribution in [0.3, 0.4) is 0 Å².